The van der Waals surface area contributed by atoms with Crippen LogP contribution < -0.4 is 5.32 Å². The molecule has 1 N–H and O–H groups in total. The molecule has 0 spiro atoms. The number of nitrogens with zero attached hydrogens (tertiary/aromatic N) is 2. The summed E-state index contributed by atoms with van der Waals surface area (Å²) in [6.07, 6.45) is 7.28. The number of aromatic nitrogens is 1. The maximum atomic E-state index is 12.6. The van der Waals surface area contributed by atoms with Crippen LogP contribution in [0.25, 0.3) is 0 Å². The highest BCUT2D eigenvalue weighted by Crippen LogP contribution is 2.22. The van der Waals surface area contributed by atoms with Crippen molar-refractivity contribution in [1.29, 1.82) is 0 Å². The van der Waals surface area contributed by atoms with Crippen molar-refractivity contribution in [2.45, 2.75) is 64.5 Å². The third-order valence-electron chi connectivity index (χ3n) is 4.10. The minimum Gasteiger partial charge on any atom is -0.368 e. The highest BCUT2D eigenvalue weighted by Gasteiger charge is 2.23. The molecule has 0 bridgehead atoms. The maximum absolute atomic E-state index is 12.6. The first-order valence-electron chi connectivity index (χ1n) is 8.08. The Labute approximate surface area is 127 Å². The zero-order chi connectivity index (χ0) is 15.2. The first-order valence-corrected chi connectivity index (χ1v) is 8.08. The molecule has 0 unspecified atom stereocenters. The van der Waals surface area contributed by atoms with Crippen LogP contribution in [0.1, 0.15) is 62.9 Å². The average Bonchev–Trinajstić information content (AvgIpc) is 2.74. The second-order valence-electron chi connectivity index (χ2n) is 6.27. The van der Waals surface area contributed by atoms with Crippen LogP contribution >= 0.6 is 0 Å². The molecule has 0 aliphatic heterocycles. The van der Waals surface area contributed by atoms with Gasteiger partial charge >= 0.3 is 0 Å². The summed E-state index contributed by atoms with van der Waals surface area (Å²) in [5.41, 5.74) is 0.535. The Bertz CT molecular complexity index is 465. The SMILES string of the molecule is CC(C)Nc1cccc(C(=O)N(C)C2CCCCCC2)n1. The highest BCUT2D eigenvalue weighted by molar-refractivity contribution is 5.92. The van der Waals surface area contributed by atoms with E-state index in [1.54, 1.807) is 6.07 Å². The summed E-state index contributed by atoms with van der Waals surface area (Å²) in [6.45, 7) is 4.13. The molecule has 1 fully saturated rings. The van der Waals surface area contributed by atoms with E-state index in [-0.39, 0.29) is 5.91 Å². The number of pyridine rings is 1. The lowest BCUT2D eigenvalue weighted by Crippen LogP contribution is -2.37. The lowest BCUT2D eigenvalue weighted by molar-refractivity contribution is 0.0712. The topological polar surface area (TPSA) is 45.2 Å². The fourth-order valence-corrected chi connectivity index (χ4v) is 2.92. The Kier molecular flexibility index (Phi) is 5.59. The largest absolute Gasteiger partial charge is 0.368 e. The average molecular weight is 289 g/mol. The monoisotopic (exact) mass is 289 g/mol. The molecular formula is C17H27N3O. The predicted octanol–water partition coefficient (Wildman–Crippen LogP) is 3.70. The first kappa shape index (κ1) is 15.8. The van der Waals surface area contributed by atoms with Gasteiger partial charge in [0.15, 0.2) is 0 Å². The number of anilines is 1. The molecular weight excluding hydrogens is 262 g/mol. The van der Waals surface area contributed by atoms with E-state index >= 15 is 0 Å². The van der Waals surface area contributed by atoms with Crippen molar-refractivity contribution in [3.05, 3.63) is 23.9 Å². The van der Waals surface area contributed by atoms with E-state index in [0.717, 1.165) is 18.7 Å². The van der Waals surface area contributed by atoms with Crippen LogP contribution in [0.4, 0.5) is 5.82 Å². The molecule has 1 heterocycles. The van der Waals surface area contributed by atoms with Gasteiger partial charge in [-0.15, -0.1) is 0 Å². The smallest absolute Gasteiger partial charge is 0.272 e. The molecule has 0 saturated heterocycles. The van der Waals surface area contributed by atoms with Gasteiger partial charge in [-0.05, 0) is 38.8 Å². The Morgan fingerprint density at radius 1 is 1.24 bits per heavy atom. The van der Waals surface area contributed by atoms with Crippen LogP contribution in [0.15, 0.2) is 18.2 Å². The van der Waals surface area contributed by atoms with Crippen molar-refractivity contribution in [2.24, 2.45) is 0 Å². The lowest BCUT2D eigenvalue weighted by Gasteiger charge is -2.27. The summed E-state index contributed by atoms with van der Waals surface area (Å²) in [5, 5.41) is 3.25. The number of carbonyl (C=O) groups is 1. The zero-order valence-electron chi connectivity index (χ0n) is 13.4. The summed E-state index contributed by atoms with van der Waals surface area (Å²) < 4.78 is 0. The van der Waals surface area contributed by atoms with Gasteiger partial charge in [0.2, 0.25) is 0 Å². The van der Waals surface area contributed by atoms with Gasteiger partial charge < -0.3 is 10.2 Å². The highest BCUT2D eigenvalue weighted by atomic mass is 16.2. The Balaban J connectivity index is 2.07. The summed E-state index contributed by atoms with van der Waals surface area (Å²) in [5.74, 6) is 0.805. The van der Waals surface area contributed by atoms with Gasteiger partial charge in [0.05, 0.1) is 0 Å². The summed E-state index contributed by atoms with van der Waals surface area (Å²) >= 11 is 0. The summed E-state index contributed by atoms with van der Waals surface area (Å²) in [6, 6.07) is 6.28. The number of carbonyl (C=O) groups excluding carboxylic acids is 1. The number of nitrogens with one attached hydrogen (secondary N) is 1. The molecule has 4 heteroatoms. The molecule has 0 atom stereocenters. The van der Waals surface area contributed by atoms with Gasteiger partial charge in [-0.2, -0.15) is 0 Å². The van der Waals surface area contributed by atoms with Gasteiger partial charge in [0.25, 0.3) is 5.91 Å². The standard InChI is InChI=1S/C17H27N3O/c1-13(2)18-16-12-8-11-15(19-16)17(21)20(3)14-9-6-4-5-7-10-14/h8,11-14H,4-7,9-10H2,1-3H3,(H,18,19). The second-order valence-corrected chi connectivity index (χ2v) is 6.27. The minimum atomic E-state index is 0.0364. The van der Waals surface area contributed by atoms with Crippen LogP contribution in [-0.2, 0) is 0 Å². The summed E-state index contributed by atoms with van der Waals surface area (Å²) in [7, 11) is 1.92. The van der Waals surface area contributed by atoms with Crippen LogP contribution in [0.2, 0.25) is 0 Å². The van der Waals surface area contributed by atoms with Crippen LogP contribution in [0, 0.1) is 0 Å². The first-order chi connectivity index (χ1) is 10.1. The molecule has 1 aromatic heterocycles. The van der Waals surface area contributed by atoms with Crippen molar-refractivity contribution in [3.8, 4) is 0 Å². The van der Waals surface area contributed by atoms with Gasteiger partial charge in [-0.25, -0.2) is 4.98 Å². The van der Waals surface area contributed by atoms with Gasteiger partial charge in [0.1, 0.15) is 11.5 Å². The van der Waals surface area contributed by atoms with E-state index in [9.17, 15) is 4.79 Å². The maximum Gasteiger partial charge on any atom is 0.272 e. The quantitative estimate of drug-likeness (QED) is 0.860. The van der Waals surface area contributed by atoms with E-state index < -0.39 is 0 Å². The fourth-order valence-electron chi connectivity index (χ4n) is 2.92. The molecule has 0 aromatic carbocycles. The lowest BCUT2D eigenvalue weighted by atomic mass is 10.1. The van der Waals surface area contributed by atoms with Crippen LogP contribution in [-0.4, -0.2) is 34.9 Å². The van der Waals surface area contributed by atoms with Gasteiger partial charge in [-0.1, -0.05) is 31.7 Å². The third-order valence-corrected chi connectivity index (χ3v) is 4.10. The molecule has 4 nitrogen and oxygen atoms in total. The van der Waals surface area contributed by atoms with Gasteiger partial charge in [0, 0.05) is 19.1 Å². The minimum absolute atomic E-state index is 0.0364. The number of rotatable bonds is 4. The number of amides is 1. The Hall–Kier alpha value is -1.58. The molecule has 1 aliphatic carbocycles. The molecule has 116 valence electrons. The van der Waals surface area contributed by atoms with Crippen molar-refractivity contribution in [3.63, 3.8) is 0 Å². The number of hydrogen-bond donors (Lipinski definition) is 1. The molecule has 1 aromatic rings. The molecule has 21 heavy (non-hydrogen) atoms. The molecule has 1 aliphatic rings. The normalized spacial score (nSPS) is 16.6. The van der Waals surface area contributed by atoms with Crippen molar-refractivity contribution in [2.75, 3.05) is 12.4 Å². The molecule has 2 rings (SSSR count). The molecule has 0 radical (unpaired) electrons. The molecule has 1 saturated carbocycles. The second kappa shape index (κ2) is 7.43. The van der Waals surface area contributed by atoms with E-state index in [1.807, 2.05) is 24.1 Å². The van der Waals surface area contributed by atoms with E-state index in [4.69, 9.17) is 0 Å². The van der Waals surface area contributed by atoms with Crippen molar-refractivity contribution in [1.82, 2.24) is 9.88 Å². The third kappa shape index (κ3) is 4.45. The van der Waals surface area contributed by atoms with E-state index in [0.29, 0.717) is 17.8 Å². The Morgan fingerprint density at radius 3 is 2.52 bits per heavy atom. The Morgan fingerprint density at radius 2 is 1.90 bits per heavy atom. The predicted molar refractivity (Wildman–Crippen MR) is 86.6 cm³/mol. The number of hydrogen-bond acceptors (Lipinski definition) is 3. The van der Waals surface area contributed by atoms with E-state index in [1.165, 1.54) is 25.7 Å². The van der Waals surface area contributed by atoms with Crippen LogP contribution in [0.3, 0.4) is 0 Å². The molecule has 1 amide bonds. The van der Waals surface area contributed by atoms with E-state index in [2.05, 4.69) is 24.1 Å². The van der Waals surface area contributed by atoms with Crippen molar-refractivity contribution >= 4 is 11.7 Å². The van der Waals surface area contributed by atoms with Crippen molar-refractivity contribution < 1.29 is 4.79 Å². The van der Waals surface area contributed by atoms with Crippen LogP contribution in [0.5, 0.6) is 0 Å². The van der Waals surface area contributed by atoms with Gasteiger partial charge in [-0.3, -0.25) is 4.79 Å². The fraction of sp³-hybridized carbons (Fsp3) is 0.647. The summed E-state index contributed by atoms with van der Waals surface area (Å²) in [4.78, 5) is 19.0. The zero-order valence-corrected chi connectivity index (χ0v) is 13.4.